The van der Waals surface area contributed by atoms with Crippen molar-refractivity contribution >= 4 is 17.6 Å². The minimum atomic E-state index is -1.07. The molecule has 1 aromatic rings. The Bertz CT molecular complexity index is 328. The van der Waals surface area contributed by atoms with Crippen LogP contribution in [-0.2, 0) is 4.79 Å². The van der Waals surface area contributed by atoms with E-state index in [1.165, 1.54) is 0 Å². The number of rotatable bonds is 2. The quantitative estimate of drug-likeness (QED) is 0.421. The third kappa shape index (κ3) is 2.66. The van der Waals surface area contributed by atoms with E-state index in [1.54, 1.807) is 0 Å². The maximum Gasteiger partial charge on any atom is 0.326 e. The smallest absolute Gasteiger partial charge is 0.326 e. The van der Waals surface area contributed by atoms with Gasteiger partial charge in [-0.3, -0.25) is 4.79 Å². The van der Waals surface area contributed by atoms with Gasteiger partial charge in [0.15, 0.2) is 11.6 Å². The van der Waals surface area contributed by atoms with E-state index >= 15 is 0 Å². The average Bonchev–Trinajstić information content (AvgIpc) is 2.11. The van der Waals surface area contributed by atoms with Crippen molar-refractivity contribution in [2.45, 2.75) is 0 Å². The lowest BCUT2D eigenvalue weighted by Crippen LogP contribution is -2.09. The molecular formula is C8H5ClF2O2. The van der Waals surface area contributed by atoms with Crippen molar-refractivity contribution < 1.29 is 18.3 Å². The molecule has 0 atom stereocenters. The number of ether oxygens (including phenoxy) is 1. The summed E-state index contributed by atoms with van der Waals surface area (Å²) in [6.07, 6.45) is 0. The maximum absolute atomic E-state index is 12.5. The number of hydrogen-bond acceptors (Lipinski definition) is 2. The zero-order valence-electron chi connectivity index (χ0n) is 6.39. The average molecular weight is 207 g/mol. The fourth-order valence-electron chi connectivity index (χ4n) is 0.699. The number of hydrogen-bond donors (Lipinski definition) is 0. The van der Waals surface area contributed by atoms with Gasteiger partial charge in [-0.05, 0) is 12.1 Å². The first-order valence-electron chi connectivity index (χ1n) is 3.35. The molecule has 0 N–H and O–H groups in total. The van der Waals surface area contributed by atoms with Crippen molar-refractivity contribution in [2.24, 2.45) is 0 Å². The molecule has 1 aromatic carbocycles. The number of halogens is 3. The highest BCUT2D eigenvalue weighted by Gasteiger charge is 2.06. The van der Waals surface area contributed by atoms with Gasteiger partial charge in [0.05, 0.1) is 0 Å². The second kappa shape index (κ2) is 4.18. The first kappa shape index (κ1) is 9.92. The molecule has 0 unspecified atom stereocenters. The number of carbonyl (C=O) groups excluding carboxylic acids is 1. The van der Waals surface area contributed by atoms with E-state index in [9.17, 15) is 13.6 Å². The van der Waals surface area contributed by atoms with Gasteiger partial charge in [-0.15, -0.1) is 11.6 Å². The summed E-state index contributed by atoms with van der Waals surface area (Å²) in [4.78, 5) is 10.6. The highest BCUT2D eigenvalue weighted by Crippen LogP contribution is 2.15. The molecule has 1 rings (SSSR count). The van der Waals surface area contributed by atoms with Crippen LogP contribution in [0.4, 0.5) is 8.78 Å². The van der Waals surface area contributed by atoms with E-state index in [2.05, 4.69) is 4.74 Å². The van der Waals surface area contributed by atoms with Crippen LogP contribution in [0.3, 0.4) is 0 Å². The first-order chi connectivity index (χ1) is 6.13. The van der Waals surface area contributed by atoms with Gasteiger partial charge in [-0.25, -0.2) is 8.78 Å². The Kier molecular flexibility index (Phi) is 3.19. The van der Waals surface area contributed by atoms with Crippen LogP contribution >= 0.6 is 11.6 Å². The van der Waals surface area contributed by atoms with Crippen LogP contribution in [0.2, 0.25) is 0 Å². The highest BCUT2D eigenvalue weighted by molar-refractivity contribution is 6.26. The SMILES string of the molecule is O=C(CCl)Oc1ccc(F)c(F)c1. The summed E-state index contributed by atoms with van der Waals surface area (Å²) in [7, 11) is 0. The van der Waals surface area contributed by atoms with E-state index in [4.69, 9.17) is 11.6 Å². The second-order valence-corrected chi connectivity index (χ2v) is 2.45. The molecule has 13 heavy (non-hydrogen) atoms. The standard InChI is InChI=1S/C8H5ClF2O2/c9-4-8(12)13-5-1-2-6(10)7(11)3-5/h1-3H,4H2. The molecule has 5 heteroatoms. The van der Waals surface area contributed by atoms with Crippen molar-refractivity contribution in [1.82, 2.24) is 0 Å². The predicted octanol–water partition coefficient (Wildman–Crippen LogP) is 2.11. The van der Waals surface area contributed by atoms with Gasteiger partial charge in [0.25, 0.3) is 0 Å². The summed E-state index contributed by atoms with van der Waals surface area (Å²) in [6, 6.07) is 2.79. The predicted molar refractivity (Wildman–Crippen MR) is 42.7 cm³/mol. The van der Waals surface area contributed by atoms with Crippen molar-refractivity contribution in [3.63, 3.8) is 0 Å². The molecule has 0 heterocycles. The summed E-state index contributed by atoms with van der Waals surface area (Å²) < 4.78 is 29.4. The number of carbonyl (C=O) groups is 1. The minimum absolute atomic E-state index is 0.0652. The lowest BCUT2D eigenvalue weighted by atomic mass is 10.3. The topological polar surface area (TPSA) is 26.3 Å². The summed E-state index contributed by atoms with van der Waals surface area (Å²) in [5.74, 6) is -3.18. The van der Waals surface area contributed by atoms with Crippen LogP contribution in [0.5, 0.6) is 5.75 Å². The van der Waals surface area contributed by atoms with Gasteiger partial charge in [-0.1, -0.05) is 0 Å². The number of benzene rings is 1. The van der Waals surface area contributed by atoms with Gasteiger partial charge in [-0.2, -0.15) is 0 Å². The molecule has 70 valence electrons. The largest absolute Gasteiger partial charge is 0.426 e. The van der Waals surface area contributed by atoms with Crippen LogP contribution in [-0.4, -0.2) is 11.8 Å². The Labute approximate surface area is 78.1 Å². The molecule has 0 amide bonds. The monoisotopic (exact) mass is 206 g/mol. The highest BCUT2D eigenvalue weighted by atomic mass is 35.5. The van der Waals surface area contributed by atoms with Crippen molar-refractivity contribution in [2.75, 3.05) is 5.88 Å². The molecule has 0 saturated heterocycles. The lowest BCUT2D eigenvalue weighted by molar-refractivity contribution is -0.131. The zero-order chi connectivity index (χ0) is 9.84. The van der Waals surface area contributed by atoms with Crippen LogP contribution < -0.4 is 4.74 Å². The fraction of sp³-hybridized carbons (Fsp3) is 0.125. The minimum Gasteiger partial charge on any atom is -0.426 e. The Morgan fingerprint density at radius 3 is 2.62 bits per heavy atom. The fourth-order valence-corrected chi connectivity index (χ4v) is 0.754. The Hall–Kier alpha value is -1.16. The molecule has 0 spiro atoms. The molecule has 0 radical (unpaired) electrons. The van der Waals surface area contributed by atoms with Gasteiger partial charge < -0.3 is 4.74 Å². The summed E-state index contributed by atoms with van der Waals surface area (Å²) in [6.45, 7) is 0. The van der Waals surface area contributed by atoms with Crippen LogP contribution in [0, 0.1) is 11.6 Å². The van der Waals surface area contributed by atoms with Gasteiger partial charge in [0.1, 0.15) is 11.6 Å². The molecule has 0 bridgehead atoms. The first-order valence-corrected chi connectivity index (χ1v) is 3.88. The van der Waals surface area contributed by atoms with E-state index in [1.807, 2.05) is 0 Å². The van der Waals surface area contributed by atoms with E-state index in [0.717, 1.165) is 18.2 Å². The zero-order valence-corrected chi connectivity index (χ0v) is 7.15. The summed E-state index contributed by atoms with van der Waals surface area (Å²) >= 11 is 5.13. The molecule has 0 fully saturated rings. The third-order valence-corrected chi connectivity index (χ3v) is 1.45. The molecule has 0 saturated carbocycles. The number of esters is 1. The van der Waals surface area contributed by atoms with Gasteiger partial charge >= 0.3 is 5.97 Å². The molecule has 2 nitrogen and oxygen atoms in total. The van der Waals surface area contributed by atoms with Crippen LogP contribution in [0.15, 0.2) is 18.2 Å². The van der Waals surface area contributed by atoms with E-state index in [-0.39, 0.29) is 11.6 Å². The molecule has 0 aromatic heterocycles. The number of alkyl halides is 1. The molecular weight excluding hydrogens is 202 g/mol. The summed E-state index contributed by atoms with van der Waals surface area (Å²) in [5.41, 5.74) is 0. The second-order valence-electron chi connectivity index (χ2n) is 2.18. The van der Waals surface area contributed by atoms with Crippen LogP contribution in [0.25, 0.3) is 0 Å². The maximum atomic E-state index is 12.5. The van der Waals surface area contributed by atoms with Gasteiger partial charge in [0, 0.05) is 6.07 Å². The van der Waals surface area contributed by atoms with Crippen molar-refractivity contribution in [1.29, 1.82) is 0 Å². The Morgan fingerprint density at radius 2 is 2.08 bits per heavy atom. The Morgan fingerprint density at radius 1 is 1.38 bits per heavy atom. The van der Waals surface area contributed by atoms with E-state index in [0.29, 0.717) is 0 Å². The lowest BCUT2D eigenvalue weighted by Gasteiger charge is -2.01. The van der Waals surface area contributed by atoms with Crippen LogP contribution in [0.1, 0.15) is 0 Å². The molecule has 0 aliphatic rings. The van der Waals surface area contributed by atoms with E-state index < -0.39 is 17.6 Å². The summed E-state index contributed by atoms with van der Waals surface area (Å²) in [5, 5.41) is 0. The normalized spacial score (nSPS) is 9.77. The van der Waals surface area contributed by atoms with Crippen molar-refractivity contribution in [3.8, 4) is 5.75 Å². The molecule has 0 aliphatic carbocycles. The van der Waals surface area contributed by atoms with Gasteiger partial charge in [0.2, 0.25) is 0 Å². The third-order valence-electron chi connectivity index (χ3n) is 1.23. The molecule has 0 aliphatic heterocycles. The van der Waals surface area contributed by atoms with Crippen molar-refractivity contribution in [3.05, 3.63) is 29.8 Å². The Balaban J connectivity index is 2.79.